The summed E-state index contributed by atoms with van der Waals surface area (Å²) >= 11 is 0. The van der Waals surface area contributed by atoms with E-state index in [1.807, 2.05) is 18.3 Å². The standard InChI is InChI=1S/C22H26N6O2/c1-28(2)22(29)14-6-4-13(5-7-14)19-20(23)25-12-26-21(19)27-17-8-15-10-24-11-16(15)9-18(17)30-3/h4,8-10,12,14H,5-7,11H2,1-3H3,(H3,23,25,26,27). The first-order valence-electron chi connectivity index (χ1n) is 9.96. The highest BCUT2D eigenvalue weighted by atomic mass is 16.5. The van der Waals surface area contributed by atoms with Crippen LogP contribution in [-0.4, -0.2) is 48.2 Å². The number of methoxy groups -OCH3 is 1. The van der Waals surface area contributed by atoms with Crippen molar-refractivity contribution in [1.82, 2.24) is 14.9 Å². The van der Waals surface area contributed by atoms with Crippen LogP contribution in [0, 0.1) is 5.92 Å². The van der Waals surface area contributed by atoms with Crippen LogP contribution in [0.3, 0.4) is 0 Å². The number of ether oxygens (including phenoxy) is 1. The Labute approximate surface area is 175 Å². The quantitative estimate of drug-likeness (QED) is 0.791. The molecule has 0 bridgehead atoms. The molecule has 2 heterocycles. The number of nitrogens with zero attached hydrogens (tertiary/aromatic N) is 4. The fraction of sp³-hybridized carbons (Fsp3) is 0.364. The van der Waals surface area contributed by atoms with Crippen molar-refractivity contribution in [1.29, 1.82) is 0 Å². The number of nitrogens with two attached hydrogens (primary N) is 1. The second kappa shape index (κ2) is 8.14. The van der Waals surface area contributed by atoms with E-state index in [9.17, 15) is 4.79 Å². The van der Waals surface area contributed by atoms with Gasteiger partial charge in [-0.15, -0.1) is 0 Å². The van der Waals surface area contributed by atoms with Gasteiger partial charge >= 0.3 is 0 Å². The molecule has 3 N–H and O–H groups in total. The summed E-state index contributed by atoms with van der Waals surface area (Å²) in [4.78, 5) is 26.9. The normalized spacial score (nSPS) is 17.3. The van der Waals surface area contributed by atoms with Crippen LogP contribution < -0.4 is 15.8 Å². The molecule has 0 saturated heterocycles. The number of nitrogens with one attached hydrogen (secondary N) is 1. The number of aromatic nitrogens is 2. The molecule has 1 aromatic heterocycles. The number of carbonyl (C=O) groups is 1. The van der Waals surface area contributed by atoms with E-state index in [0.29, 0.717) is 24.6 Å². The third kappa shape index (κ3) is 3.72. The Kier molecular flexibility index (Phi) is 5.39. The first-order chi connectivity index (χ1) is 14.5. The van der Waals surface area contributed by atoms with Crippen LogP contribution in [0.2, 0.25) is 0 Å². The average Bonchev–Trinajstić information content (AvgIpc) is 3.20. The van der Waals surface area contributed by atoms with Crippen molar-refractivity contribution in [3.63, 3.8) is 0 Å². The van der Waals surface area contributed by atoms with Gasteiger partial charge in [0.05, 0.1) is 24.9 Å². The third-order valence-electron chi connectivity index (χ3n) is 5.61. The zero-order valence-electron chi connectivity index (χ0n) is 17.5. The minimum Gasteiger partial charge on any atom is -0.495 e. The van der Waals surface area contributed by atoms with E-state index in [2.05, 4.69) is 26.4 Å². The number of rotatable bonds is 5. The van der Waals surface area contributed by atoms with Gasteiger partial charge in [-0.2, -0.15) is 0 Å². The number of nitrogen functional groups attached to an aromatic ring is 1. The van der Waals surface area contributed by atoms with Gasteiger partial charge < -0.3 is 20.7 Å². The van der Waals surface area contributed by atoms with Crippen molar-refractivity contribution in [2.24, 2.45) is 10.9 Å². The van der Waals surface area contributed by atoms with Crippen molar-refractivity contribution in [3.8, 4) is 5.75 Å². The monoisotopic (exact) mass is 406 g/mol. The molecule has 0 spiro atoms. The van der Waals surface area contributed by atoms with Crippen molar-refractivity contribution < 1.29 is 9.53 Å². The minimum absolute atomic E-state index is 0.00195. The van der Waals surface area contributed by atoms with Gasteiger partial charge in [-0.1, -0.05) is 6.08 Å². The number of carbonyl (C=O) groups excluding carboxylic acids is 1. The molecule has 8 nitrogen and oxygen atoms in total. The Bertz CT molecular complexity index is 1040. The Hall–Kier alpha value is -3.42. The Morgan fingerprint density at radius 1 is 1.30 bits per heavy atom. The van der Waals surface area contributed by atoms with E-state index in [-0.39, 0.29) is 11.8 Å². The van der Waals surface area contributed by atoms with E-state index >= 15 is 0 Å². The van der Waals surface area contributed by atoms with Crippen LogP contribution in [0.15, 0.2) is 29.5 Å². The van der Waals surface area contributed by atoms with Crippen molar-refractivity contribution in [2.75, 3.05) is 32.3 Å². The van der Waals surface area contributed by atoms with Gasteiger partial charge in [0.25, 0.3) is 0 Å². The van der Waals surface area contributed by atoms with E-state index in [4.69, 9.17) is 10.5 Å². The molecular weight excluding hydrogens is 380 g/mol. The van der Waals surface area contributed by atoms with Crippen LogP contribution in [0.5, 0.6) is 5.75 Å². The summed E-state index contributed by atoms with van der Waals surface area (Å²) in [6, 6.07) is 4.00. The molecule has 1 atom stereocenters. The smallest absolute Gasteiger partial charge is 0.225 e. The molecule has 1 aliphatic heterocycles. The maximum absolute atomic E-state index is 12.3. The van der Waals surface area contributed by atoms with Crippen LogP contribution in [-0.2, 0) is 11.3 Å². The molecule has 2 aromatic rings. The number of allylic oxidation sites excluding steroid dienone is 2. The van der Waals surface area contributed by atoms with Gasteiger partial charge in [0, 0.05) is 26.2 Å². The van der Waals surface area contributed by atoms with Gasteiger partial charge in [-0.25, -0.2) is 9.97 Å². The van der Waals surface area contributed by atoms with E-state index in [1.54, 1.807) is 26.1 Å². The highest BCUT2D eigenvalue weighted by Gasteiger charge is 2.26. The topological polar surface area (TPSA) is 106 Å². The predicted molar refractivity (Wildman–Crippen MR) is 118 cm³/mol. The lowest BCUT2D eigenvalue weighted by Gasteiger charge is -2.25. The van der Waals surface area contributed by atoms with Gasteiger partial charge in [-0.3, -0.25) is 9.79 Å². The number of hydrogen-bond acceptors (Lipinski definition) is 7. The summed E-state index contributed by atoms with van der Waals surface area (Å²) in [6.45, 7) is 0.664. The average molecular weight is 406 g/mol. The fourth-order valence-corrected chi connectivity index (χ4v) is 3.99. The van der Waals surface area contributed by atoms with Gasteiger partial charge in [0.15, 0.2) is 0 Å². The van der Waals surface area contributed by atoms with E-state index < -0.39 is 0 Å². The Balaban J connectivity index is 1.65. The predicted octanol–water partition coefficient (Wildman–Crippen LogP) is 3.02. The summed E-state index contributed by atoms with van der Waals surface area (Å²) in [6.07, 6.45) is 7.59. The molecule has 2 aliphatic rings. The molecule has 0 fully saturated rings. The summed E-state index contributed by atoms with van der Waals surface area (Å²) in [5.74, 6) is 1.92. The van der Waals surface area contributed by atoms with Crippen LogP contribution in [0.4, 0.5) is 17.3 Å². The zero-order chi connectivity index (χ0) is 21.3. The number of benzene rings is 1. The third-order valence-corrected chi connectivity index (χ3v) is 5.61. The summed E-state index contributed by atoms with van der Waals surface area (Å²) < 4.78 is 5.57. The molecule has 4 rings (SSSR count). The number of aliphatic imine (C=N–C) groups is 1. The maximum Gasteiger partial charge on any atom is 0.225 e. The molecule has 0 saturated carbocycles. The van der Waals surface area contributed by atoms with Crippen LogP contribution in [0.25, 0.3) is 5.57 Å². The number of fused-ring (bicyclic) bond motifs is 1. The molecule has 1 aliphatic carbocycles. The Morgan fingerprint density at radius 3 is 2.83 bits per heavy atom. The highest BCUT2D eigenvalue weighted by Crippen LogP contribution is 2.39. The van der Waals surface area contributed by atoms with Crippen molar-refractivity contribution in [3.05, 3.63) is 41.2 Å². The largest absolute Gasteiger partial charge is 0.495 e. The zero-order valence-corrected chi connectivity index (χ0v) is 17.5. The summed E-state index contributed by atoms with van der Waals surface area (Å²) in [5.41, 5.74) is 11.1. The molecule has 8 heteroatoms. The Morgan fingerprint density at radius 2 is 2.13 bits per heavy atom. The molecule has 1 unspecified atom stereocenters. The fourth-order valence-electron chi connectivity index (χ4n) is 3.99. The van der Waals surface area contributed by atoms with Crippen molar-refractivity contribution in [2.45, 2.75) is 25.8 Å². The molecule has 0 radical (unpaired) electrons. The lowest BCUT2D eigenvalue weighted by Crippen LogP contribution is -2.30. The lowest BCUT2D eigenvalue weighted by atomic mass is 9.86. The minimum atomic E-state index is 0.00195. The maximum atomic E-state index is 12.3. The molecule has 1 amide bonds. The first kappa shape index (κ1) is 19.9. The second-order valence-corrected chi connectivity index (χ2v) is 7.76. The van der Waals surface area contributed by atoms with Gasteiger partial charge in [0.1, 0.15) is 23.7 Å². The SMILES string of the molecule is COc1cc2c(cc1Nc1ncnc(N)c1C1=CCC(C(=O)N(C)C)CC1)C=NC2. The van der Waals surface area contributed by atoms with Gasteiger partial charge in [0.2, 0.25) is 5.91 Å². The summed E-state index contributed by atoms with van der Waals surface area (Å²) in [5, 5.41) is 3.38. The highest BCUT2D eigenvalue weighted by molar-refractivity contribution is 5.90. The molecule has 156 valence electrons. The number of anilines is 3. The van der Waals surface area contributed by atoms with Crippen molar-refractivity contribution >= 4 is 35.0 Å². The van der Waals surface area contributed by atoms with Crippen LogP contribution >= 0.6 is 0 Å². The first-order valence-corrected chi connectivity index (χ1v) is 9.96. The van der Waals surface area contributed by atoms with Gasteiger partial charge in [-0.05, 0) is 48.1 Å². The number of hydrogen-bond donors (Lipinski definition) is 2. The van der Waals surface area contributed by atoms with E-state index in [0.717, 1.165) is 46.5 Å². The lowest BCUT2D eigenvalue weighted by molar-refractivity contribution is -0.133. The molecule has 1 aromatic carbocycles. The summed E-state index contributed by atoms with van der Waals surface area (Å²) in [7, 11) is 5.23. The molecular formula is C22H26N6O2. The van der Waals surface area contributed by atoms with Crippen LogP contribution in [0.1, 0.15) is 36.0 Å². The number of amides is 1. The second-order valence-electron chi connectivity index (χ2n) is 7.76. The molecule has 30 heavy (non-hydrogen) atoms. The van der Waals surface area contributed by atoms with E-state index in [1.165, 1.54) is 6.33 Å².